The smallest absolute Gasteiger partial charge is 0.150 e. The second kappa shape index (κ2) is 13.4. The molecular weight excluding hydrogens is 366 g/mol. The van der Waals surface area contributed by atoms with Crippen LogP contribution in [0.15, 0.2) is 30.3 Å². The summed E-state index contributed by atoms with van der Waals surface area (Å²) in [7, 11) is 0. The Labute approximate surface area is 185 Å². The summed E-state index contributed by atoms with van der Waals surface area (Å²) in [4.78, 5) is 0. The van der Waals surface area contributed by atoms with Crippen LogP contribution in [-0.4, -0.2) is 0 Å². The molecule has 0 unspecified atom stereocenters. The van der Waals surface area contributed by atoms with Gasteiger partial charge in [-0.1, -0.05) is 65.5 Å². The van der Waals surface area contributed by atoms with E-state index in [9.17, 15) is 0 Å². The number of nitrogens with two attached hydrogens (primary N) is 1. The highest BCUT2D eigenvalue weighted by atomic mass is 16.5. The van der Waals surface area contributed by atoms with Crippen LogP contribution in [0.1, 0.15) is 101 Å². The molecule has 0 atom stereocenters. The first kappa shape index (κ1) is 24.3. The van der Waals surface area contributed by atoms with Crippen molar-refractivity contribution in [3.8, 4) is 11.5 Å². The molecule has 2 N–H and O–H groups in total. The molecule has 2 heteroatoms. The number of aryl methyl sites for hydroxylation is 4. The highest BCUT2D eigenvalue weighted by Crippen LogP contribution is 2.34. The van der Waals surface area contributed by atoms with Crippen molar-refractivity contribution in [3.63, 3.8) is 0 Å². The Kier molecular flexibility index (Phi) is 10.8. The summed E-state index contributed by atoms with van der Waals surface area (Å²) in [5, 5.41) is 0. The zero-order chi connectivity index (χ0) is 21.8. The first-order valence-corrected chi connectivity index (χ1v) is 12.3. The van der Waals surface area contributed by atoms with Crippen LogP contribution in [0.2, 0.25) is 0 Å². The molecule has 2 aromatic carbocycles. The fourth-order valence-corrected chi connectivity index (χ4v) is 3.90. The summed E-state index contributed by atoms with van der Waals surface area (Å²) in [5.41, 5.74) is 12.8. The van der Waals surface area contributed by atoms with E-state index in [1.54, 1.807) is 0 Å². The van der Waals surface area contributed by atoms with Crippen LogP contribution < -0.4 is 10.5 Å². The third-order valence-electron chi connectivity index (χ3n) is 5.80. The minimum absolute atomic E-state index is 0.817. The van der Waals surface area contributed by atoms with Gasteiger partial charge in [0.05, 0.1) is 5.69 Å². The molecular formula is C28H43NO. The Morgan fingerprint density at radius 3 is 1.57 bits per heavy atom. The van der Waals surface area contributed by atoms with E-state index < -0.39 is 0 Å². The molecule has 0 spiro atoms. The maximum atomic E-state index is 6.58. The second-order valence-electron chi connectivity index (χ2n) is 8.67. The first-order chi connectivity index (χ1) is 14.6. The lowest BCUT2D eigenvalue weighted by Gasteiger charge is -2.16. The van der Waals surface area contributed by atoms with Crippen molar-refractivity contribution in [1.82, 2.24) is 0 Å². The summed E-state index contributed by atoms with van der Waals surface area (Å²) in [5.74, 6) is 1.78. The molecule has 166 valence electrons. The molecule has 0 heterocycles. The van der Waals surface area contributed by atoms with E-state index in [0.29, 0.717) is 0 Å². The Morgan fingerprint density at radius 2 is 1.07 bits per heavy atom. The van der Waals surface area contributed by atoms with Crippen molar-refractivity contribution in [2.75, 3.05) is 5.73 Å². The topological polar surface area (TPSA) is 35.2 Å². The quantitative estimate of drug-likeness (QED) is 0.318. The van der Waals surface area contributed by atoms with Gasteiger partial charge in [-0.25, -0.2) is 0 Å². The van der Waals surface area contributed by atoms with Gasteiger partial charge in [-0.05, 0) is 91.8 Å². The lowest BCUT2D eigenvalue weighted by Crippen LogP contribution is -2.02. The lowest BCUT2D eigenvalue weighted by molar-refractivity contribution is 0.481. The van der Waals surface area contributed by atoms with E-state index >= 15 is 0 Å². The monoisotopic (exact) mass is 409 g/mol. The summed E-state index contributed by atoms with van der Waals surface area (Å²) >= 11 is 0. The van der Waals surface area contributed by atoms with Gasteiger partial charge in [0.2, 0.25) is 0 Å². The standard InChI is InChI=1S/C28H43NO/c1-5-9-13-22-17-23(14-10-6-2)20-26(19-22)30-27-21-24(15-11-7-3)18-25(28(27)29)16-12-8-4/h17-21H,5-16,29H2,1-4H3. The van der Waals surface area contributed by atoms with Gasteiger partial charge in [-0.15, -0.1) is 0 Å². The van der Waals surface area contributed by atoms with Crippen LogP contribution >= 0.6 is 0 Å². The van der Waals surface area contributed by atoms with E-state index in [4.69, 9.17) is 10.5 Å². The van der Waals surface area contributed by atoms with Gasteiger partial charge in [0, 0.05) is 0 Å². The van der Waals surface area contributed by atoms with E-state index in [-0.39, 0.29) is 0 Å². The van der Waals surface area contributed by atoms with Crippen LogP contribution in [0, 0.1) is 0 Å². The van der Waals surface area contributed by atoms with E-state index in [0.717, 1.165) is 49.3 Å². The summed E-state index contributed by atoms with van der Waals surface area (Å²) < 4.78 is 6.47. The van der Waals surface area contributed by atoms with Gasteiger partial charge in [0.15, 0.2) is 5.75 Å². The first-order valence-electron chi connectivity index (χ1n) is 12.3. The van der Waals surface area contributed by atoms with Gasteiger partial charge >= 0.3 is 0 Å². The number of rotatable bonds is 14. The Hall–Kier alpha value is -1.96. The summed E-state index contributed by atoms with van der Waals surface area (Å²) in [6.07, 6.45) is 13.9. The Bertz CT molecular complexity index is 739. The molecule has 0 radical (unpaired) electrons. The average molecular weight is 410 g/mol. The number of ether oxygens (including phenoxy) is 1. The highest BCUT2D eigenvalue weighted by Gasteiger charge is 2.12. The number of benzene rings is 2. The number of hydrogen-bond donors (Lipinski definition) is 1. The number of hydrogen-bond acceptors (Lipinski definition) is 2. The summed E-state index contributed by atoms with van der Waals surface area (Å²) in [6, 6.07) is 11.3. The number of nitrogen functional groups attached to an aromatic ring is 1. The van der Waals surface area contributed by atoms with E-state index in [1.807, 2.05) is 0 Å². The molecule has 0 saturated carbocycles. The fraction of sp³-hybridized carbons (Fsp3) is 0.571. The van der Waals surface area contributed by atoms with Crippen molar-refractivity contribution in [2.24, 2.45) is 0 Å². The third-order valence-corrected chi connectivity index (χ3v) is 5.80. The fourth-order valence-electron chi connectivity index (χ4n) is 3.90. The van der Waals surface area contributed by atoms with Crippen molar-refractivity contribution >= 4 is 5.69 Å². The van der Waals surface area contributed by atoms with Gasteiger partial charge in [0.1, 0.15) is 5.75 Å². The molecule has 0 aromatic heterocycles. The number of unbranched alkanes of at least 4 members (excludes halogenated alkanes) is 4. The maximum absolute atomic E-state index is 6.58. The van der Waals surface area contributed by atoms with Crippen molar-refractivity contribution in [1.29, 1.82) is 0 Å². The predicted molar refractivity (Wildman–Crippen MR) is 132 cm³/mol. The van der Waals surface area contributed by atoms with Crippen LogP contribution in [0.3, 0.4) is 0 Å². The molecule has 0 aliphatic carbocycles. The molecule has 30 heavy (non-hydrogen) atoms. The molecule has 2 rings (SSSR count). The van der Waals surface area contributed by atoms with Gasteiger partial charge < -0.3 is 10.5 Å². The molecule has 0 amide bonds. The minimum atomic E-state index is 0.817. The van der Waals surface area contributed by atoms with Crippen molar-refractivity contribution in [3.05, 3.63) is 52.6 Å². The Balaban J connectivity index is 2.35. The van der Waals surface area contributed by atoms with Crippen molar-refractivity contribution < 1.29 is 4.74 Å². The molecule has 2 aromatic rings. The normalized spacial score (nSPS) is 11.1. The van der Waals surface area contributed by atoms with Gasteiger partial charge in [0.25, 0.3) is 0 Å². The van der Waals surface area contributed by atoms with Crippen LogP contribution in [-0.2, 0) is 25.7 Å². The van der Waals surface area contributed by atoms with Gasteiger partial charge in [-0.3, -0.25) is 0 Å². The molecule has 0 bridgehead atoms. The lowest BCUT2D eigenvalue weighted by atomic mass is 9.99. The Morgan fingerprint density at radius 1 is 0.600 bits per heavy atom. The molecule has 0 aliphatic heterocycles. The van der Waals surface area contributed by atoms with Gasteiger partial charge in [-0.2, -0.15) is 0 Å². The largest absolute Gasteiger partial charge is 0.455 e. The molecule has 0 saturated heterocycles. The number of anilines is 1. The van der Waals surface area contributed by atoms with Crippen LogP contribution in [0.5, 0.6) is 11.5 Å². The second-order valence-corrected chi connectivity index (χ2v) is 8.67. The van der Waals surface area contributed by atoms with Crippen LogP contribution in [0.4, 0.5) is 5.69 Å². The predicted octanol–water partition coefficient (Wildman–Crippen LogP) is 8.43. The third kappa shape index (κ3) is 7.70. The van der Waals surface area contributed by atoms with E-state index in [2.05, 4.69) is 58.0 Å². The van der Waals surface area contributed by atoms with Crippen molar-refractivity contribution in [2.45, 2.75) is 105 Å². The zero-order valence-corrected chi connectivity index (χ0v) is 19.9. The molecule has 0 aliphatic rings. The molecule has 2 nitrogen and oxygen atoms in total. The minimum Gasteiger partial charge on any atom is -0.455 e. The highest BCUT2D eigenvalue weighted by molar-refractivity contribution is 5.61. The average Bonchev–Trinajstić information content (AvgIpc) is 2.75. The van der Waals surface area contributed by atoms with E-state index in [1.165, 1.54) is 67.2 Å². The summed E-state index contributed by atoms with van der Waals surface area (Å²) in [6.45, 7) is 8.97. The van der Waals surface area contributed by atoms with Crippen LogP contribution in [0.25, 0.3) is 0 Å². The zero-order valence-electron chi connectivity index (χ0n) is 19.9. The molecule has 0 fully saturated rings. The maximum Gasteiger partial charge on any atom is 0.150 e. The SMILES string of the molecule is CCCCc1cc(CCCC)cc(Oc2cc(CCCC)cc(CCCC)c2N)c1.